The van der Waals surface area contributed by atoms with Gasteiger partial charge in [-0.2, -0.15) is 0 Å². The van der Waals surface area contributed by atoms with Crippen molar-refractivity contribution in [2.75, 3.05) is 12.5 Å². The number of rotatable bonds is 2. The van der Waals surface area contributed by atoms with E-state index in [2.05, 4.69) is 24.7 Å². The second-order valence-electron chi connectivity index (χ2n) is 7.54. The van der Waals surface area contributed by atoms with Crippen LogP contribution in [0.25, 0.3) is 0 Å². The van der Waals surface area contributed by atoms with Crippen LogP contribution in [0, 0.1) is 23.7 Å². The van der Waals surface area contributed by atoms with Gasteiger partial charge in [0.05, 0.1) is 16.9 Å². The molecule has 2 bridgehead atoms. The quantitative estimate of drug-likeness (QED) is 0.402. The first-order chi connectivity index (χ1) is 14.1. The summed E-state index contributed by atoms with van der Waals surface area (Å²) in [4.78, 5) is 28.8. The number of hydrogen-bond donors (Lipinski definition) is 0. The normalized spacial score (nSPS) is 31.8. The minimum atomic E-state index is -0.127. The molecule has 5 aliphatic rings. The molecule has 2 nitrogen and oxygen atoms in total. The van der Waals surface area contributed by atoms with Crippen LogP contribution in [0.4, 0.5) is 0 Å². The number of hydrogen-bond acceptors (Lipinski definition) is 8. The Kier molecular flexibility index (Phi) is 4.86. The van der Waals surface area contributed by atoms with E-state index in [0.29, 0.717) is 11.1 Å². The van der Waals surface area contributed by atoms with Crippen LogP contribution < -0.4 is 0 Å². The first-order valence-corrected chi connectivity index (χ1v) is 15.0. The van der Waals surface area contributed by atoms with Crippen molar-refractivity contribution in [2.24, 2.45) is 23.7 Å². The molecule has 0 saturated heterocycles. The van der Waals surface area contributed by atoms with Gasteiger partial charge < -0.3 is 0 Å². The summed E-state index contributed by atoms with van der Waals surface area (Å²) >= 11 is 10.8. The lowest BCUT2D eigenvalue weighted by Crippen LogP contribution is -2.38. The zero-order valence-electron chi connectivity index (χ0n) is 15.6. The number of ketones is 2. The minimum absolute atomic E-state index is 0.127. The molecular formula is C21H16O2S6. The number of allylic oxidation sites excluding steroid dienone is 2. The third-order valence-corrected chi connectivity index (χ3v) is 14.4. The predicted molar refractivity (Wildman–Crippen MR) is 131 cm³/mol. The lowest BCUT2D eigenvalue weighted by molar-refractivity contribution is 0.0720. The van der Waals surface area contributed by atoms with Gasteiger partial charge in [-0.05, 0) is 42.9 Å². The number of carbonyl (C=O) groups excluding carboxylic acids is 2. The minimum Gasteiger partial charge on any atom is -0.294 e. The second kappa shape index (κ2) is 7.20. The number of benzene rings is 1. The molecule has 0 N–H and O–H groups in total. The number of thioether (sulfide) groups is 6. The molecule has 1 saturated carbocycles. The lowest BCUT2D eigenvalue weighted by atomic mass is 9.69. The Morgan fingerprint density at radius 2 is 1.21 bits per heavy atom. The van der Waals surface area contributed by atoms with E-state index in [0.717, 1.165) is 16.2 Å². The largest absolute Gasteiger partial charge is 0.294 e. The first-order valence-electron chi connectivity index (χ1n) is 9.31. The van der Waals surface area contributed by atoms with Crippen molar-refractivity contribution in [3.63, 3.8) is 0 Å². The molecule has 0 spiro atoms. The van der Waals surface area contributed by atoms with E-state index in [1.165, 1.54) is 16.9 Å². The van der Waals surface area contributed by atoms with Crippen LogP contribution in [0.15, 0.2) is 51.0 Å². The first kappa shape index (κ1) is 19.6. The molecule has 2 aliphatic heterocycles. The van der Waals surface area contributed by atoms with E-state index in [4.69, 9.17) is 0 Å². The SMILES string of the molecule is CSC1=C(SC)SC(=C2Sc3cc4c(cc3S2)C(=O)C2C(C4=O)[C@@H]3C=C[C@H]2C3)S1. The highest BCUT2D eigenvalue weighted by atomic mass is 32.3. The van der Waals surface area contributed by atoms with E-state index in [1.54, 1.807) is 47.0 Å². The van der Waals surface area contributed by atoms with Crippen molar-refractivity contribution in [3.05, 3.63) is 52.4 Å². The van der Waals surface area contributed by atoms with Crippen molar-refractivity contribution >= 4 is 82.1 Å². The Morgan fingerprint density at radius 1 is 0.759 bits per heavy atom. The molecule has 2 unspecified atom stereocenters. The zero-order chi connectivity index (χ0) is 19.9. The van der Waals surface area contributed by atoms with Crippen LogP contribution in [0.1, 0.15) is 27.1 Å². The number of Topliss-reactive ketones (excluding diaryl/α,β-unsaturated/α-hetero) is 2. The van der Waals surface area contributed by atoms with Gasteiger partial charge in [0.1, 0.15) is 0 Å². The summed E-state index contributed by atoms with van der Waals surface area (Å²) in [6.07, 6.45) is 9.55. The molecular weight excluding hydrogens is 477 g/mol. The molecule has 0 aromatic heterocycles. The fraction of sp³-hybridized carbons (Fsp3) is 0.333. The summed E-state index contributed by atoms with van der Waals surface area (Å²) in [7, 11) is 0. The molecule has 148 valence electrons. The highest BCUT2D eigenvalue weighted by Crippen LogP contribution is 2.64. The Morgan fingerprint density at radius 3 is 1.66 bits per heavy atom. The van der Waals surface area contributed by atoms with Crippen molar-refractivity contribution in [2.45, 2.75) is 16.2 Å². The van der Waals surface area contributed by atoms with Crippen LogP contribution >= 0.6 is 70.6 Å². The maximum absolute atomic E-state index is 13.3. The highest BCUT2D eigenvalue weighted by molar-refractivity contribution is 8.41. The fourth-order valence-corrected chi connectivity index (χ4v) is 12.8. The monoisotopic (exact) mass is 492 g/mol. The highest BCUT2D eigenvalue weighted by Gasteiger charge is 2.54. The average molecular weight is 493 g/mol. The maximum Gasteiger partial charge on any atom is 0.168 e. The van der Waals surface area contributed by atoms with Gasteiger partial charge in [0.25, 0.3) is 0 Å². The smallest absolute Gasteiger partial charge is 0.168 e. The van der Waals surface area contributed by atoms with Gasteiger partial charge in [-0.3, -0.25) is 9.59 Å². The van der Waals surface area contributed by atoms with Crippen LogP contribution in [-0.2, 0) is 0 Å². The predicted octanol–water partition coefficient (Wildman–Crippen LogP) is 7.16. The molecule has 0 amide bonds. The molecule has 1 aromatic rings. The molecule has 3 aliphatic carbocycles. The van der Waals surface area contributed by atoms with Gasteiger partial charge in [-0.25, -0.2) is 0 Å². The van der Waals surface area contributed by atoms with Crippen LogP contribution in [0.2, 0.25) is 0 Å². The van der Waals surface area contributed by atoms with Gasteiger partial charge in [-0.1, -0.05) is 59.2 Å². The molecule has 4 atom stereocenters. The maximum atomic E-state index is 13.3. The van der Waals surface area contributed by atoms with E-state index >= 15 is 0 Å². The van der Waals surface area contributed by atoms with Crippen molar-refractivity contribution in [3.8, 4) is 0 Å². The summed E-state index contributed by atoms with van der Waals surface area (Å²) in [5.74, 6) is 0.648. The Bertz CT molecular complexity index is 1010. The average Bonchev–Trinajstić information content (AvgIpc) is 3.51. The number of carbonyl (C=O) groups is 2. The van der Waals surface area contributed by atoms with Crippen molar-refractivity contribution in [1.82, 2.24) is 0 Å². The van der Waals surface area contributed by atoms with Gasteiger partial charge >= 0.3 is 0 Å². The van der Waals surface area contributed by atoms with E-state index in [1.807, 2.05) is 35.7 Å². The second-order valence-corrected chi connectivity index (χ2v) is 14.4. The summed E-state index contributed by atoms with van der Waals surface area (Å²) in [5.41, 5.74) is 1.32. The Labute approximate surface area is 195 Å². The van der Waals surface area contributed by atoms with Gasteiger partial charge in [-0.15, -0.1) is 23.5 Å². The van der Waals surface area contributed by atoms with E-state index in [9.17, 15) is 9.59 Å². The van der Waals surface area contributed by atoms with Crippen LogP contribution in [-0.4, -0.2) is 24.1 Å². The van der Waals surface area contributed by atoms with Gasteiger partial charge in [0.15, 0.2) is 11.6 Å². The summed E-state index contributed by atoms with van der Waals surface area (Å²) in [6.45, 7) is 0. The third-order valence-electron chi connectivity index (χ3n) is 6.16. The van der Waals surface area contributed by atoms with Crippen molar-refractivity contribution < 1.29 is 9.59 Å². The molecule has 6 rings (SSSR count). The molecule has 0 radical (unpaired) electrons. The van der Waals surface area contributed by atoms with Crippen molar-refractivity contribution in [1.29, 1.82) is 0 Å². The standard InChI is InChI=1S/C21H16O2S6/c1-24-18-19(25-2)29-21(28-18)20-26-12-6-10-11(7-13(12)27-20)17(23)15-9-4-3-8(5-9)14(15)16(10)22/h3-4,6-9,14-15H,5H2,1-2H3/t8-,9+,14?,15?. The Balaban J connectivity index is 1.36. The summed E-state index contributed by atoms with van der Waals surface area (Å²) in [6, 6.07) is 4.01. The fourth-order valence-electron chi connectivity index (χ4n) is 4.93. The van der Waals surface area contributed by atoms with Gasteiger partial charge in [0, 0.05) is 32.8 Å². The molecule has 1 aromatic carbocycles. The molecule has 8 heteroatoms. The van der Waals surface area contributed by atoms with Crippen LogP contribution in [0.3, 0.4) is 0 Å². The van der Waals surface area contributed by atoms with E-state index in [-0.39, 0.29) is 35.2 Å². The van der Waals surface area contributed by atoms with Crippen LogP contribution in [0.5, 0.6) is 0 Å². The molecule has 29 heavy (non-hydrogen) atoms. The molecule has 1 fully saturated rings. The van der Waals surface area contributed by atoms with E-state index < -0.39 is 0 Å². The number of fused-ring (bicyclic) bond motifs is 7. The Hall–Kier alpha value is -0.120. The van der Waals surface area contributed by atoms with Gasteiger partial charge in [0.2, 0.25) is 0 Å². The summed E-state index contributed by atoms with van der Waals surface area (Å²) < 4.78 is 5.32. The zero-order valence-corrected chi connectivity index (χ0v) is 20.5. The third kappa shape index (κ3) is 2.85. The topological polar surface area (TPSA) is 34.1 Å². The molecule has 2 heterocycles. The lowest BCUT2D eigenvalue weighted by Gasteiger charge is -2.31. The summed E-state index contributed by atoms with van der Waals surface area (Å²) in [5, 5.41) is 0.